The van der Waals surface area contributed by atoms with Crippen molar-refractivity contribution in [3.63, 3.8) is 0 Å². The number of rotatable bonds is 4. The monoisotopic (exact) mass is 444 g/mol. The van der Waals surface area contributed by atoms with Crippen molar-refractivity contribution in [2.24, 2.45) is 5.92 Å². The van der Waals surface area contributed by atoms with Crippen LogP contribution in [0.5, 0.6) is 5.75 Å². The fraction of sp³-hybridized carbons (Fsp3) is 0.680. The van der Waals surface area contributed by atoms with Crippen molar-refractivity contribution in [1.29, 1.82) is 0 Å². The van der Waals surface area contributed by atoms with E-state index in [0.29, 0.717) is 25.8 Å². The van der Waals surface area contributed by atoms with E-state index in [1.807, 2.05) is 45.0 Å². The number of methoxy groups -OCH3 is 1. The molecule has 2 heterocycles. The molecule has 2 aliphatic heterocycles. The van der Waals surface area contributed by atoms with Crippen LogP contribution in [-0.4, -0.2) is 76.8 Å². The Morgan fingerprint density at radius 2 is 1.94 bits per heavy atom. The smallest absolute Gasteiger partial charge is 0.410 e. The fourth-order valence-electron chi connectivity index (χ4n) is 5.88. The minimum Gasteiger partial charge on any atom is -0.497 e. The molecule has 1 aliphatic carbocycles. The van der Waals surface area contributed by atoms with Crippen LogP contribution >= 0.6 is 0 Å². The molecule has 1 aromatic rings. The maximum atomic E-state index is 12.7. The van der Waals surface area contributed by atoms with Gasteiger partial charge in [0, 0.05) is 43.6 Å². The predicted molar refractivity (Wildman–Crippen MR) is 121 cm³/mol. The van der Waals surface area contributed by atoms with E-state index in [2.05, 4.69) is 4.90 Å². The molecule has 3 fully saturated rings. The summed E-state index contributed by atoms with van der Waals surface area (Å²) in [6.45, 7) is 6.28. The summed E-state index contributed by atoms with van der Waals surface area (Å²) in [5.74, 6) is 0.641. The molecule has 32 heavy (non-hydrogen) atoms. The number of carbonyl (C=O) groups excluding carboxylic acids is 2. The number of piperidine rings is 1. The molecular formula is C25H36N2O5. The van der Waals surface area contributed by atoms with E-state index in [0.717, 1.165) is 24.2 Å². The molecule has 2 bridgehead atoms. The van der Waals surface area contributed by atoms with Gasteiger partial charge in [0.05, 0.1) is 13.2 Å². The first-order chi connectivity index (χ1) is 15.0. The summed E-state index contributed by atoms with van der Waals surface area (Å²) >= 11 is 0. The highest BCUT2D eigenvalue weighted by atomic mass is 16.6. The highest BCUT2D eigenvalue weighted by Gasteiger charge is 2.59. The van der Waals surface area contributed by atoms with E-state index in [1.54, 1.807) is 19.1 Å². The van der Waals surface area contributed by atoms with Crippen molar-refractivity contribution in [2.45, 2.75) is 82.2 Å². The van der Waals surface area contributed by atoms with Gasteiger partial charge in [0.25, 0.3) is 0 Å². The van der Waals surface area contributed by atoms with Gasteiger partial charge in [-0.15, -0.1) is 0 Å². The topological polar surface area (TPSA) is 79.3 Å². The summed E-state index contributed by atoms with van der Waals surface area (Å²) in [4.78, 5) is 29.5. The molecule has 7 nitrogen and oxygen atoms in total. The molecule has 0 aromatic heterocycles. The zero-order chi connectivity index (χ0) is 23.3. The molecule has 5 atom stereocenters. The highest BCUT2D eigenvalue weighted by Crippen LogP contribution is 2.50. The first kappa shape index (κ1) is 23.1. The number of hydrogen-bond donors (Lipinski definition) is 1. The molecule has 2 saturated heterocycles. The van der Waals surface area contributed by atoms with E-state index in [-0.39, 0.29) is 35.4 Å². The molecule has 1 amide bonds. The van der Waals surface area contributed by atoms with Crippen LogP contribution in [0.15, 0.2) is 24.3 Å². The zero-order valence-electron chi connectivity index (χ0n) is 19.8. The molecule has 0 radical (unpaired) electrons. The molecular weight excluding hydrogens is 408 g/mol. The number of benzene rings is 1. The average molecular weight is 445 g/mol. The van der Waals surface area contributed by atoms with Crippen molar-refractivity contribution in [3.8, 4) is 5.75 Å². The highest BCUT2D eigenvalue weighted by molar-refractivity contribution is 5.83. The Balaban J connectivity index is 1.59. The van der Waals surface area contributed by atoms with E-state index in [9.17, 15) is 14.7 Å². The molecule has 7 heteroatoms. The number of aliphatic hydroxyl groups excluding tert-OH is 1. The Hall–Kier alpha value is -2.12. The minimum atomic E-state index is -0.705. The normalized spacial score (nSPS) is 32.4. The van der Waals surface area contributed by atoms with Gasteiger partial charge < -0.3 is 19.5 Å². The second kappa shape index (κ2) is 8.34. The summed E-state index contributed by atoms with van der Waals surface area (Å²) < 4.78 is 10.9. The number of amides is 1. The molecule has 1 N–H and O–H groups in total. The standard InChI is InChI=1S/C25H36N2O5/c1-24(2,3)32-23(30)26(4)17-13-25-11-10-21(28)19(14-25)22(29)20(27(25)15-17)12-16-6-8-18(31-5)9-7-16/h6-9,17,19-20,22,29H,10-15H2,1-5H3/t17-,19?,20?,22?,25?/m0/s1. The Morgan fingerprint density at radius 1 is 1.25 bits per heavy atom. The molecule has 4 rings (SSSR count). The maximum Gasteiger partial charge on any atom is 0.410 e. The van der Waals surface area contributed by atoms with Gasteiger partial charge in [0.1, 0.15) is 17.1 Å². The van der Waals surface area contributed by atoms with E-state index in [4.69, 9.17) is 9.47 Å². The predicted octanol–water partition coefficient (Wildman–Crippen LogP) is 3.03. The van der Waals surface area contributed by atoms with Crippen molar-refractivity contribution < 1.29 is 24.2 Å². The summed E-state index contributed by atoms with van der Waals surface area (Å²) in [6, 6.07) is 7.71. The first-order valence-electron chi connectivity index (χ1n) is 11.6. The quantitative estimate of drug-likeness (QED) is 0.769. The molecule has 1 saturated carbocycles. The van der Waals surface area contributed by atoms with E-state index >= 15 is 0 Å². The Kier molecular flexibility index (Phi) is 6.01. The van der Waals surface area contributed by atoms with Gasteiger partial charge in [-0.1, -0.05) is 12.1 Å². The Morgan fingerprint density at radius 3 is 2.56 bits per heavy atom. The third-order valence-electron chi connectivity index (χ3n) is 7.52. The Labute approximate surface area is 190 Å². The summed E-state index contributed by atoms with van der Waals surface area (Å²) in [7, 11) is 3.44. The fourth-order valence-corrected chi connectivity index (χ4v) is 5.88. The van der Waals surface area contributed by atoms with Crippen LogP contribution in [-0.2, 0) is 16.0 Å². The number of ketones is 1. The van der Waals surface area contributed by atoms with Crippen molar-refractivity contribution in [1.82, 2.24) is 9.80 Å². The van der Waals surface area contributed by atoms with Crippen LogP contribution in [0.3, 0.4) is 0 Å². The molecule has 176 valence electrons. The van der Waals surface area contributed by atoms with Gasteiger partial charge in [-0.3, -0.25) is 9.69 Å². The van der Waals surface area contributed by atoms with Gasteiger partial charge in [-0.25, -0.2) is 4.79 Å². The van der Waals surface area contributed by atoms with Crippen molar-refractivity contribution >= 4 is 11.9 Å². The van der Waals surface area contributed by atoms with Gasteiger partial charge in [-0.2, -0.15) is 0 Å². The lowest BCUT2D eigenvalue weighted by Crippen LogP contribution is -2.65. The Bertz CT molecular complexity index is 864. The van der Waals surface area contributed by atoms with Crippen molar-refractivity contribution in [3.05, 3.63) is 29.8 Å². The second-order valence-corrected chi connectivity index (χ2v) is 10.7. The number of nitrogens with zero attached hydrogens (tertiary/aromatic N) is 2. The number of hydrogen-bond acceptors (Lipinski definition) is 6. The molecule has 3 aliphatic rings. The molecule has 1 spiro atoms. The van der Waals surface area contributed by atoms with Crippen molar-refractivity contribution in [2.75, 3.05) is 20.7 Å². The number of Topliss-reactive ketones (excluding diaryl/α,β-unsaturated/α-hetero) is 1. The molecule has 1 aromatic carbocycles. The summed E-state index contributed by atoms with van der Waals surface area (Å²) in [5, 5.41) is 11.3. The maximum absolute atomic E-state index is 12.7. The van der Waals surface area contributed by atoms with Crippen LogP contribution in [0.1, 0.15) is 52.0 Å². The second-order valence-electron chi connectivity index (χ2n) is 10.7. The number of carbonyl (C=O) groups is 2. The van der Waals surface area contributed by atoms with Gasteiger partial charge in [0.2, 0.25) is 0 Å². The van der Waals surface area contributed by atoms with Crippen LogP contribution in [0.2, 0.25) is 0 Å². The largest absolute Gasteiger partial charge is 0.497 e. The third-order valence-corrected chi connectivity index (χ3v) is 7.52. The van der Waals surface area contributed by atoms with Crippen LogP contribution in [0.4, 0.5) is 4.79 Å². The SMILES string of the molecule is COc1ccc(CC2C(O)C3CC4(CCC3=O)C[C@H](N(C)C(=O)OC(C)(C)C)CN24)cc1. The molecule has 4 unspecified atom stereocenters. The first-order valence-corrected chi connectivity index (χ1v) is 11.6. The minimum absolute atomic E-state index is 0.0117. The lowest BCUT2D eigenvalue weighted by molar-refractivity contribution is -0.149. The third kappa shape index (κ3) is 4.25. The average Bonchev–Trinajstić information content (AvgIpc) is 3.11. The lowest BCUT2D eigenvalue weighted by Gasteiger charge is -2.54. The number of fused-ring (bicyclic) bond motifs is 1. The summed E-state index contributed by atoms with van der Waals surface area (Å²) in [5.41, 5.74) is 0.391. The van der Waals surface area contributed by atoms with E-state index in [1.165, 1.54) is 0 Å². The number of aliphatic hydroxyl groups is 1. The lowest BCUT2D eigenvalue weighted by atomic mass is 9.65. The number of likely N-dealkylation sites (N-methyl/N-ethyl adjacent to an activating group) is 1. The van der Waals surface area contributed by atoms with Crippen LogP contribution < -0.4 is 4.74 Å². The van der Waals surface area contributed by atoms with Gasteiger partial charge in [-0.05, 0) is 64.2 Å². The summed E-state index contributed by atoms with van der Waals surface area (Å²) in [6.07, 6.45) is 2.38. The number of ether oxygens (including phenoxy) is 2. The van der Waals surface area contributed by atoms with E-state index < -0.39 is 11.7 Å². The van der Waals surface area contributed by atoms with Gasteiger partial charge in [0.15, 0.2) is 0 Å². The van der Waals surface area contributed by atoms with Crippen LogP contribution in [0, 0.1) is 5.92 Å². The van der Waals surface area contributed by atoms with Gasteiger partial charge >= 0.3 is 6.09 Å². The zero-order valence-corrected chi connectivity index (χ0v) is 19.8. The van der Waals surface area contributed by atoms with Crippen LogP contribution in [0.25, 0.3) is 0 Å².